The zero-order valence-electron chi connectivity index (χ0n) is 15.7. The molecule has 0 saturated heterocycles. The van der Waals surface area contributed by atoms with E-state index in [4.69, 9.17) is 4.74 Å². The van der Waals surface area contributed by atoms with Gasteiger partial charge in [-0.05, 0) is 73.7 Å². The Morgan fingerprint density at radius 1 is 1.23 bits per heavy atom. The third kappa shape index (κ3) is 1.75. The summed E-state index contributed by atoms with van der Waals surface area (Å²) in [6.45, 7) is 3.51. The van der Waals surface area contributed by atoms with Crippen molar-refractivity contribution in [2.75, 3.05) is 13.2 Å². The topological polar surface area (TPSA) is 46.5 Å². The maximum absolute atomic E-state index is 12.0. The standard InChI is InChI=1S/C23H30O3/c1-22-7-5-16-15-4-3-14(25)10-17(15)13(12-24)9-18(16)21(22)19-11-20(19)23(22)6-2-8-26-23/h2,6,10,13,15-16,18-21,24H,3-5,7-9,11-12H2,1H3/t13-,15?,16?,18?,19?,20?,21?,22-,23?/m0/s1. The van der Waals surface area contributed by atoms with E-state index in [1.54, 1.807) is 0 Å². The van der Waals surface area contributed by atoms with Gasteiger partial charge < -0.3 is 9.84 Å². The van der Waals surface area contributed by atoms with E-state index in [9.17, 15) is 9.90 Å². The molecule has 0 aromatic heterocycles. The van der Waals surface area contributed by atoms with E-state index in [-0.39, 0.29) is 29.3 Å². The van der Waals surface area contributed by atoms with Gasteiger partial charge in [-0.3, -0.25) is 4.79 Å². The number of hydrogen-bond acceptors (Lipinski definition) is 3. The van der Waals surface area contributed by atoms with Gasteiger partial charge in [-0.25, -0.2) is 0 Å². The number of carbonyl (C=O) groups is 1. The van der Waals surface area contributed by atoms with Crippen LogP contribution in [0.5, 0.6) is 0 Å². The summed E-state index contributed by atoms with van der Waals surface area (Å²) >= 11 is 0. The van der Waals surface area contributed by atoms with E-state index in [1.165, 1.54) is 24.8 Å². The molecule has 9 atom stereocenters. The van der Waals surface area contributed by atoms with Crippen molar-refractivity contribution in [2.24, 2.45) is 46.8 Å². The Morgan fingerprint density at radius 3 is 2.88 bits per heavy atom. The minimum atomic E-state index is 0.000657. The van der Waals surface area contributed by atoms with Crippen LogP contribution in [0.25, 0.3) is 0 Å². The van der Waals surface area contributed by atoms with Crippen LogP contribution < -0.4 is 0 Å². The van der Waals surface area contributed by atoms with E-state index in [0.29, 0.717) is 18.3 Å². The molecule has 1 N–H and O–H groups in total. The van der Waals surface area contributed by atoms with Crippen molar-refractivity contribution in [3.8, 4) is 0 Å². The third-order valence-corrected chi connectivity index (χ3v) is 9.50. The quantitative estimate of drug-likeness (QED) is 0.733. The molecule has 1 aliphatic heterocycles. The first-order valence-corrected chi connectivity index (χ1v) is 10.8. The van der Waals surface area contributed by atoms with Crippen LogP contribution >= 0.6 is 0 Å². The summed E-state index contributed by atoms with van der Waals surface area (Å²) in [6.07, 6.45) is 13.3. The van der Waals surface area contributed by atoms with E-state index < -0.39 is 0 Å². The lowest BCUT2D eigenvalue weighted by molar-refractivity contribution is -0.135. The molecule has 1 heterocycles. The minimum Gasteiger partial charge on any atom is -0.396 e. The van der Waals surface area contributed by atoms with Crippen molar-refractivity contribution in [3.63, 3.8) is 0 Å². The van der Waals surface area contributed by atoms with Crippen molar-refractivity contribution in [1.82, 2.24) is 0 Å². The second-order valence-electron chi connectivity index (χ2n) is 10.2. The zero-order chi connectivity index (χ0) is 17.7. The van der Waals surface area contributed by atoms with Crippen molar-refractivity contribution >= 4 is 5.78 Å². The first-order chi connectivity index (χ1) is 12.6. The number of hydrogen-bond donors (Lipinski definition) is 1. The molecule has 26 heavy (non-hydrogen) atoms. The molecule has 4 fully saturated rings. The number of ether oxygens (including phenoxy) is 1. The highest BCUT2D eigenvalue weighted by Crippen LogP contribution is 2.77. The van der Waals surface area contributed by atoms with Crippen LogP contribution in [0.3, 0.4) is 0 Å². The fraction of sp³-hybridized carbons (Fsp3) is 0.783. The van der Waals surface area contributed by atoms with Gasteiger partial charge in [0.05, 0.1) is 12.2 Å². The Balaban J connectivity index is 1.40. The Morgan fingerprint density at radius 2 is 2.12 bits per heavy atom. The molecule has 3 heteroatoms. The number of fused-ring (bicyclic) bond motifs is 9. The summed E-state index contributed by atoms with van der Waals surface area (Å²) in [5.41, 5.74) is 1.56. The van der Waals surface area contributed by atoms with Gasteiger partial charge in [0.25, 0.3) is 0 Å². The first kappa shape index (κ1) is 16.1. The van der Waals surface area contributed by atoms with Crippen molar-refractivity contribution in [2.45, 2.75) is 51.0 Å². The largest absolute Gasteiger partial charge is 0.396 e. The van der Waals surface area contributed by atoms with Gasteiger partial charge in [-0.2, -0.15) is 0 Å². The molecular formula is C23H30O3. The first-order valence-electron chi connectivity index (χ1n) is 10.8. The van der Waals surface area contributed by atoms with Crippen molar-refractivity contribution in [3.05, 3.63) is 23.8 Å². The molecule has 0 radical (unpaired) electrons. The molecule has 0 amide bonds. The smallest absolute Gasteiger partial charge is 0.155 e. The van der Waals surface area contributed by atoms with Crippen LogP contribution in [0.1, 0.15) is 45.4 Å². The van der Waals surface area contributed by atoms with Gasteiger partial charge in [0.15, 0.2) is 5.78 Å². The molecule has 0 aromatic rings. The molecule has 3 nitrogen and oxygen atoms in total. The molecular weight excluding hydrogens is 324 g/mol. The van der Waals surface area contributed by atoms with E-state index >= 15 is 0 Å². The molecule has 4 saturated carbocycles. The van der Waals surface area contributed by atoms with Gasteiger partial charge in [-0.15, -0.1) is 0 Å². The molecule has 140 valence electrons. The van der Waals surface area contributed by atoms with E-state index in [2.05, 4.69) is 19.1 Å². The van der Waals surface area contributed by atoms with Gasteiger partial charge in [0.2, 0.25) is 0 Å². The van der Waals surface area contributed by atoms with Crippen LogP contribution in [-0.2, 0) is 9.53 Å². The lowest BCUT2D eigenvalue weighted by atomic mass is 9.48. The average molecular weight is 354 g/mol. The highest BCUT2D eigenvalue weighted by atomic mass is 16.5. The maximum atomic E-state index is 12.0. The van der Waals surface area contributed by atoms with Gasteiger partial charge in [0, 0.05) is 24.4 Å². The lowest BCUT2D eigenvalue weighted by Gasteiger charge is -2.58. The highest BCUT2D eigenvalue weighted by molar-refractivity contribution is 5.91. The molecule has 6 rings (SSSR count). The predicted octanol–water partition coefficient (Wildman–Crippen LogP) is 3.53. The number of aliphatic hydroxyl groups excluding tert-OH is 1. The van der Waals surface area contributed by atoms with Crippen LogP contribution in [0.2, 0.25) is 0 Å². The predicted molar refractivity (Wildman–Crippen MR) is 98.2 cm³/mol. The van der Waals surface area contributed by atoms with Crippen LogP contribution in [0.4, 0.5) is 0 Å². The second kappa shape index (κ2) is 5.11. The number of aliphatic hydroxyl groups is 1. The maximum Gasteiger partial charge on any atom is 0.155 e. The fourth-order valence-corrected chi connectivity index (χ4v) is 8.58. The molecule has 1 spiro atoms. The van der Waals surface area contributed by atoms with E-state index in [1.807, 2.05) is 6.08 Å². The Labute approximate surface area is 155 Å². The summed E-state index contributed by atoms with van der Waals surface area (Å²) < 4.78 is 6.46. The average Bonchev–Trinajstić information content (AvgIpc) is 3.19. The lowest BCUT2D eigenvalue weighted by Crippen LogP contribution is -2.55. The molecule has 0 aromatic carbocycles. The molecule has 0 bridgehead atoms. The minimum absolute atomic E-state index is 0.000657. The SMILES string of the molecule is C[C@]12CCC3C4CCC(=O)C=C4[C@H](CO)CC3C1C1CC1C21C=CCO1. The summed E-state index contributed by atoms with van der Waals surface area (Å²) in [7, 11) is 0. The third-order valence-electron chi connectivity index (χ3n) is 9.50. The molecule has 7 unspecified atom stereocenters. The van der Waals surface area contributed by atoms with Crippen molar-refractivity contribution in [1.29, 1.82) is 0 Å². The number of rotatable bonds is 1. The summed E-state index contributed by atoms with van der Waals surface area (Å²) in [6, 6.07) is 0. The van der Waals surface area contributed by atoms with Crippen LogP contribution in [-0.4, -0.2) is 29.7 Å². The Kier molecular flexibility index (Phi) is 3.16. The summed E-state index contributed by atoms with van der Waals surface area (Å²) in [4.78, 5) is 12.0. The Bertz CT molecular complexity index is 723. The normalized spacial score (nSPS) is 56.6. The fourth-order valence-electron chi connectivity index (χ4n) is 8.58. The Hall–Kier alpha value is -0.930. The van der Waals surface area contributed by atoms with Crippen LogP contribution in [0.15, 0.2) is 23.8 Å². The van der Waals surface area contributed by atoms with Gasteiger partial charge >= 0.3 is 0 Å². The highest BCUT2D eigenvalue weighted by Gasteiger charge is 2.76. The summed E-state index contributed by atoms with van der Waals surface area (Å²) in [5.74, 6) is 4.74. The van der Waals surface area contributed by atoms with Crippen molar-refractivity contribution < 1.29 is 14.6 Å². The second-order valence-corrected chi connectivity index (χ2v) is 10.2. The van der Waals surface area contributed by atoms with Crippen LogP contribution in [0, 0.1) is 46.8 Å². The van der Waals surface area contributed by atoms with E-state index in [0.717, 1.165) is 43.1 Å². The van der Waals surface area contributed by atoms with Gasteiger partial charge in [0.1, 0.15) is 0 Å². The summed E-state index contributed by atoms with van der Waals surface area (Å²) in [5, 5.41) is 10.1. The molecule has 5 aliphatic carbocycles. The number of carbonyl (C=O) groups excluding carboxylic acids is 1. The zero-order valence-corrected chi connectivity index (χ0v) is 15.7. The monoisotopic (exact) mass is 354 g/mol. The van der Waals surface area contributed by atoms with Gasteiger partial charge in [-0.1, -0.05) is 24.6 Å². The molecule has 6 aliphatic rings. The number of ketones is 1.